The van der Waals surface area contributed by atoms with E-state index < -0.39 is 5.97 Å². The van der Waals surface area contributed by atoms with E-state index in [4.69, 9.17) is 5.11 Å². The van der Waals surface area contributed by atoms with Crippen molar-refractivity contribution in [2.24, 2.45) is 0 Å². The fraction of sp³-hybridized carbons (Fsp3) is 0.750. The zero-order chi connectivity index (χ0) is 16.5. The van der Waals surface area contributed by atoms with Crippen LogP contribution in [-0.4, -0.2) is 11.1 Å². The topological polar surface area (TPSA) is 37.3 Å². The number of carbonyl (C=O) groups is 1. The summed E-state index contributed by atoms with van der Waals surface area (Å²) in [6.45, 7) is 5.42. The van der Waals surface area contributed by atoms with Crippen LogP contribution in [0.25, 0.3) is 0 Å². The SMILES string of the molecule is C=CCCCCCCCCCCCCCCC=C(C)C(=O)O. The molecule has 2 heteroatoms. The number of rotatable bonds is 16. The minimum atomic E-state index is -0.791. The Bertz CT molecular complexity index is 305. The Labute approximate surface area is 137 Å². The second-order valence-electron chi connectivity index (χ2n) is 6.30. The van der Waals surface area contributed by atoms with Gasteiger partial charge >= 0.3 is 5.97 Å². The third-order valence-corrected chi connectivity index (χ3v) is 4.15. The van der Waals surface area contributed by atoms with Crippen molar-refractivity contribution in [2.45, 2.75) is 96.8 Å². The fourth-order valence-electron chi connectivity index (χ4n) is 2.61. The average molecular weight is 309 g/mol. The Morgan fingerprint density at radius 3 is 1.50 bits per heavy atom. The van der Waals surface area contributed by atoms with Gasteiger partial charge in [0.25, 0.3) is 0 Å². The van der Waals surface area contributed by atoms with E-state index in [1.165, 1.54) is 77.0 Å². The van der Waals surface area contributed by atoms with E-state index in [0.29, 0.717) is 5.57 Å². The molecule has 0 aliphatic carbocycles. The maximum absolute atomic E-state index is 10.6. The Balaban J connectivity index is 3.13. The molecule has 0 aliphatic rings. The predicted molar refractivity (Wildman–Crippen MR) is 96.2 cm³/mol. The van der Waals surface area contributed by atoms with Gasteiger partial charge < -0.3 is 5.11 Å². The summed E-state index contributed by atoms with van der Waals surface area (Å²) in [6, 6.07) is 0. The van der Waals surface area contributed by atoms with E-state index in [-0.39, 0.29) is 0 Å². The van der Waals surface area contributed by atoms with Gasteiger partial charge in [-0.2, -0.15) is 0 Å². The first-order valence-electron chi connectivity index (χ1n) is 9.19. The summed E-state index contributed by atoms with van der Waals surface area (Å²) in [6.07, 6.45) is 21.9. The number of carboxylic acids is 1. The van der Waals surface area contributed by atoms with Gasteiger partial charge in [-0.05, 0) is 32.6 Å². The normalized spacial score (nSPS) is 11.6. The summed E-state index contributed by atoms with van der Waals surface area (Å²) in [5.74, 6) is -0.791. The fourth-order valence-corrected chi connectivity index (χ4v) is 2.61. The van der Waals surface area contributed by atoms with Gasteiger partial charge in [0.2, 0.25) is 0 Å². The molecule has 0 spiro atoms. The lowest BCUT2D eigenvalue weighted by Crippen LogP contribution is -1.95. The van der Waals surface area contributed by atoms with Crippen molar-refractivity contribution in [3.8, 4) is 0 Å². The van der Waals surface area contributed by atoms with Crippen molar-refractivity contribution in [1.82, 2.24) is 0 Å². The maximum Gasteiger partial charge on any atom is 0.330 e. The molecule has 0 aliphatic heterocycles. The van der Waals surface area contributed by atoms with Gasteiger partial charge in [0.05, 0.1) is 0 Å². The Kier molecular flexibility index (Phi) is 15.5. The second-order valence-corrected chi connectivity index (χ2v) is 6.30. The molecule has 0 heterocycles. The summed E-state index contributed by atoms with van der Waals surface area (Å²) < 4.78 is 0. The molecule has 0 aromatic heterocycles. The second kappa shape index (κ2) is 16.3. The first kappa shape index (κ1) is 20.9. The molecule has 128 valence electrons. The maximum atomic E-state index is 10.6. The molecule has 0 bridgehead atoms. The van der Waals surface area contributed by atoms with Crippen LogP contribution in [0.15, 0.2) is 24.3 Å². The molecule has 0 saturated heterocycles. The molecule has 0 fully saturated rings. The van der Waals surface area contributed by atoms with E-state index in [1.54, 1.807) is 6.92 Å². The molecule has 0 rings (SSSR count). The largest absolute Gasteiger partial charge is 0.478 e. The van der Waals surface area contributed by atoms with Crippen LogP contribution < -0.4 is 0 Å². The third kappa shape index (κ3) is 15.3. The zero-order valence-electron chi connectivity index (χ0n) is 14.6. The minimum absolute atomic E-state index is 0.476. The van der Waals surface area contributed by atoms with Crippen molar-refractivity contribution in [2.75, 3.05) is 0 Å². The molecule has 0 amide bonds. The molecule has 1 N–H and O–H groups in total. The van der Waals surface area contributed by atoms with Gasteiger partial charge in [-0.25, -0.2) is 4.79 Å². The van der Waals surface area contributed by atoms with E-state index in [9.17, 15) is 4.79 Å². The first-order valence-corrected chi connectivity index (χ1v) is 9.19. The van der Waals surface area contributed by atoms with Crippen molar-refractivity contribution in [3.63, 3.8) is 0 Å². The van der Waals surface area contributed by atoms with E-state index in [0.717, 1.165) is 12.8 Å². The standard InChI is InChI=1S/C20H36O2/c1-3-4-5-6-7-8-9-10-11-12-13-14-15-16-17-18-19(2)20(21)22/h3,18H,1,4-17H2,2H3,(H,21,22). The van der Waals surface area contributed by atoms with Gasteiger partial charge in [-0.15, -0.1) is 6.58 Å². The highest BCUT2D eigenvalue weighted by Crippen LogP contribution is 2.13. The van der Waals surface area contributed by atoms with Crippen LogP contribution in [0.1, 0.15) is 96.8 Å². The molecule has 0 radical (unpaired) electrons. The highest BCUT2D eigenvalue weighted by Gasteiger charge is 1.98. The van der Waals surface area contributed by atoms with Crippen LogP contribution >= 0.6 is 0 Å². The third-order valence-electron chi connectivity index (χ3n) is 4.15. The van der Waals surface area contributed by atoms with E-state index in [2.05, 4.69) is 6.58 Å². The van der Waals surface area contributed by atoms with Crippen molar-refractivity contribution >= 4 is 5.97 Å². The van der Waals surface area contributed by atoms with Crippen LogP contribution in [0.3, 0.4) is 0 Å². The number of carboxylic acid groups (broad SMARTS) is 1. The summed E-state index contributed by atoms with van der Waals surface area (Å²) in [7, 11) is 0. The molecule has 0 saturated carbocycles. The summed E-state index contributed by atoms with van der Waals surface area (Å²) in [5.41, 5.74) is 0.476. The van der Waals surface area contributed by atoms with Gasteiger partial charge in [0.15, 0.2) is 0 Å². The number of hydrogen-bond acceptors (Lipinski definition) is 1. The molecular weight excluding hydrogens is 272 g/mol. The highest BCUT2D eigenvalue weighted by atomic mass is 16.4. The van der Waals surface area contributed by atoms with Crippen LogP contribution in [0.4, 0.5) is 0 Å². The molecule has 0 aromatic carbocycles. The van der Waals surface area contributed by atoms with Gasteiger partial charge in [0.1, 0.15) is 0 Å². The Hall–Kier alpha value is -1.05. The van der Waals surface area contributed by atoms with Gasteiger partial charge in [-0.3, -0.25) is 0 Å². The molecule has 22 heavy (non-hydrogen) atoms. The lowest BCUT2D eigenvalue weighted by Gasteiger charge is -2.02. The van der Waals surface area contributed by atoms with Crippen LogP contribution in [0, 0.1) is 0 Å². The molecule has 2 nitrogen and oxygen atoms in total. The lowest BCUT2D eigenvalue weighted by molar-refractivity contribution is -0.132. The summed E-state index contributed by atoms with van der Waals surface area (Å²) in [5, 5.41) is 8.73. The average Bonchev–Trinajstić information content (AvgIpc) is 2.50. The molecular formula is C20H36O2. The van der Waals surface area contributed by atoms with Crippen LogP contribution in [0.5, 0.6) is 0 Å². The van der Waals surface area contributed by atoms with Crippen molar-refractivity contribution < 1.29 is 9.90 Å². The Morgan fingerprint density at radius 2 is 1.14 bits per heavy atom. The molecule has 0 aromatic rings. The van der Waals surface area contributed by atoms with Gasteiger partial charge in [-0.1, -0.05) is 76.4 Å². The number of hydrogen-bond donors (Lipinski definition) is 1. The van der Waals surface area contributed by atoms with Crippen molar-refractivity contribution in [3.05, 3.63) is 24.3 Å². The quantitative estimate of drug-likeness (QED) is 0.196. The number of allylic oxidation sites excluding steroid dienone is 2. The highest BCUT2D eigenvalue weighted by molar-refractivity contribution is 5.85. The molecule has 0 unspecified atom stereocenters. The van der Waals surface area contributed by atoms with Gasteiger partial charge in [0, 0.05) is 5.57 Å². The molecule has 0 atom stereocenters. The number of unbranched alkanes of at least 4 members (excludes halogenated alkanes) is 13. The van der Waals surface area contributed by atoms with Crippen LogP contribution in [0.2, 0.25) is 0 Å². The lowest BCUT2D eigenvalue weighted by atomic mass is 10.0. The summed E-state index contributed by atoms with van der Waals surface area (Å²) >= 11 is 0. The summed E-state index contributed by atoms with van der Waals surface area (Å²) in [4.78, 5) is 10.6. The van der Waals surface area contributed by atoms with Crippen LogP contribution in [-0.2, 0) is 4.79 Å². The van der Waals surface area contributed by atoms with E-state index >= 15 is 0 Å². The minimum Gasteiger partial charge on any atom is -0.478 e. The van der Waals surface area contributed by atoms with E-state index in [1.807, 2.05) is 12.2 Å². The first-order chi connectivity index (χ1) is 10.7. The number of aliphatic carboxylic acids is 1. The smallest absolute Gasteiger partial charge is 0.330 e. The van der Waals surface area contributed by atoms with Crippen molar-refractivity contribution in [1.29, 1.82) is 0 Å². The predicted octanol–water partition coefficient (Wildman–Crippen LogP) is 6.66. The zero-order valence-corrected chi connectivity index (χ0v) is 14.6. The Morgan fingerprint density at radius 1 is 0.773 bits per heavy atom. The monoisotopic (exact) mass is 308 g/mol.